The van der Waals surface area contributed by atoms with Gasteiger partial charge in [-0.05, 0) is 61.2 Å². The minimum atomic E-state index is -4.30. The van der Waals surface area contributed by atoms with Gasteiger partial charge in [-0.3, -0.25) is 13.9 Å². The second kappa shape index (κ2) is 15.5. The highest BCUT2D eigenvalue weighted by molar-refractivity contribution is 7.92. The lowest BCUT2D eigenvalue weighted by Gasteiger charge is -2.34. The number of amides is 2. The highest BCUT2D eigenvalue weighted by Crippen LogP contribution is 2.35. The topological polar surface area (TPSA) is 96.0 Å². The first kappa shape index (κ1) is 34.0. The molecule has 10 heteroatoms. The lowest BCUT2D eigenvalue weighted by Crippen LogP contribution is -2.54. The van der Waals surface area contributed by atoms with E-state index >= 15 is 0 Å². The highest BCUT2D eigenvalue weighted by Gasteiger charge is 2.36. The molecule has 0 heterocycles. The molecule has 1 fully saturated rings. The zero-order chi connectivity index (χ0) is 33.4. The van der Waals surface area contributed by atoms with Crippen molar-refractivity contribution >= 4 is 39.1 Å². The first-order valence-electron chi connectivity index (χ1n) is 15.8. The number of carbonyl (C=O) groups excluding carboxylic acids is 2. The summed E-state index contributed by atoms with van der Waals surface area (Å²) in [7, 11) is -2.87. The van der Waals surface area contributed by atoms with Crippen LogP contribution in [0.3, 0.4) is 0 Å². The normalized spacial score (nSPS) is 13.9. The molecule has 1 aliphatic carbocycles. The lowest BCUT2D eigenvalue weighted by atomic mass is 10.0. The van der Waals surface area contributed by atoms with Gasteiger partial charge in [-0.15, -0.1) is 0 Å². The predicted molar refractivity (Wildman–Crippen MR) is 185 cm³/mol. The Bertz CT molecular complexity index is 1760. The Labute approximate surface area is 282 Å². The maximum Gasteiger partial charge on any atom is 0.264 e. The lowest BCUT2D eigenvalue weighted by molar-refractivity contribution is -0.140. The molecule has 8 nitrogen and oxygen atoms in total. The molecular weight excluding hydrogens is 634 g/mol. The number of nitrogens with zero attached hydrogens (tertiary/aromatic N) is 2. The van der Waals surface area contributed by atoms with Gasteiger partial charge in [-0.1, -0.05) is 103 Å². The number of hydrogen-bond acceptors (Lipinski definition) is 5. The summed E-state index contributed by atoms with van der Waals surface area (Å²) < 4.78 is 35.3. The summed E-state index contributed by atoms with van der Waals surface area (Å²) in [5.41, 5.74) is 2.69. The Morgan fingerprint density at radius 2 is 1.51 bits per heavy atom. The number of benzene rings is 4. The summed E-state index contributed by atoms with van der Waals surface area (Å²) in [6, 6.07) is 29.1. The van der Waals surface area contributed by atoms with Gasteiger partial charge >= 0.3 is 0 Å². The van der Waals surface area contributed by atoms with E-state index in [9.17, 15) is 18.0 Å². The Morgan fingerprint density at radius 3 is 2.13 bits per heavy atom. The van der Waals surface area contributed by atoms with Gasteiger partial charge < -0.3 is 15.0 Å². The number of methoxy groups -OCH3 is 1. The summed E-state index contributed by atoms with van der Waals surface area (Å²) in [6.45, 7) is 1.37. The van der Waals surface area contributed by atoms with Crippen LogP contribution >= 0.6 is 11.6 Å². The molecule has 0 aromatic heterocycles. The number of sulfonamides is 1. The SMILES string of the molecule is COc1ccc(Cl)cc1N(CC(=O)N(Cc1ccccc1)C(Cc1ccccc1)C(=O)NC1CCCC1)S(=O)(=O)c1ccc(C)cc1. The molecule has 1 atom stereocenters. The maximum atomic E-state index is 14.7. The van der Waals surface area contributed by atoms with E-state index in [2.05, 4.69) is 5.32 Å². The van der Waals surface area contributed by atoms with Crippen molar-refractivity contribution in [3.63, 3.8) is 0 Å². The van der Waals surface area contributed by atoms with Crippen LogP contribution in [0.5, 0.6) is 5.75 Å². The van der Waals surface area contributed by atoms with Crippen LogP contribution < -0.4 is 14.4 Å². The minimum Gasteiger partial charge on any atom is -0.495 e. The standard InChI is InChI=1S/C37H40ClN3O5S/c1-27-17-20-32(21-18-27)47(44,45)41(33-24-30(38)19-22-35(33)46-2)26-36(42)40(25-29-13-7-4-8-14-29)34(23-28-11-5-3-6-12-28)37(43)39-31-15-9-10-16-31/h3-8,11-14,17-22,24,31,34H,9-10,15-16,23,25-26H2,1-2H3,(H,39,43). The van der Waals surface area contributed by atoms with Crippen LogP contribution in [0.4, 0.5) is 5.69 Å². The van der Waals surface area contributed by atoms with Gasteiger partial charge in [-0.25, -0.2) is 8.42 Å². The molecule has 0 bridgehead atoms. The van der Waals surface area contributed by atoms with Crippen LogP contribution in [-0.2, 0) is 32.6 Å². The average Bonchev–Trinajstić information content (AvgIpc) is 3.59. The molecule has 2 amide bonds. The number of nitrogens with one attached hydrogen (secondary N) is 1. The van der Waals surface area contributed by atoms with Crippen LogP contribution in [0.25, 0.3) is 0 Å². The second-order valence-electron chi connectivity index (χ2n) is 11.8. The molecule has 4 aromatic rings. The van der Waals surface area contributed by atoms with Crippen molar-refractivity contribution in [2.45, 2.75) is 62.6 Å². The molecule has 0 radical (unpaired) electrons. The van der Waals surface area contributed by atoms with Crippen LogP contribution in [0.15, 0.2) is 108 Å². The third-order valence-electron chi connectivity index (χ3n) is 8.47. The third-order valence-corrected chi connectivity index (χ3v) is 10.5. The van der Waals surface area contributed by atoms with Crippen molar-refractivity contribution < 1.29 is 22.7 Å². The van der Waals surface area contributed by atoms with Crippen molar-refractivity contribution in [3.05, 3.63) is 125 Å². The molecule has 0 aliphatic heterocycles. The van der Waals surface area contributed by atoms with E-state index in [0.29, 0.717) is 0 Å². The summed E-state index contributed by atoms with van der Waals surface area (Å²) >= 11 is 6.38. The van der Waals surface area contributed by atoms with Crippen LogP contribution in [0, 0.1) is 6.92 Å². The summed E-state index contributed by atoms with van der Waals surface area (Å²) in [4.78, 5) is 30.3. The fraction of sp³-hybridized carbons (Fsp3) is 0.297. The molecule has 4 aromatic carbocycles. The van der Waals surface area contributed by atoms with Crippen molar-refractivity contribution in [1.82, 2.24) is 10.2 Å². The van der Waals surface area contributed by atoms with E-state index < -0.39 is 28.5 Å². The molecule has 0 saturated heterocycles. The zero-order valence-corrected chi connectivity index (χ0v) is 28.2. The summed E-state index contributed by atoms with van der Waals surface area (Å²) in [5, 5.41) is 3.46. The number of carbonyl (C=O) groups is 2. The van der Waals surface area contributed by atoms with Crippen LogP contribution in [0.1, 0.15) is 42.4 Å². The van der Waals surface area contributed by atoms with Crippen molar-refractivity contribution in [3.8, 4) is 5.75 Å². The second-order valence-corrected chi connectivity index (χ2v) is 14.1. The average molecular weight is 674 g/mol. The molecule has 1 aliphatic rings. The van der Waals surface area contributed by atoms with Crippen molar-refractivity contribution in [1.29, 1.82) is 0 Å². The van der Waals surface area contributed by atoms with Gasteiger partial charge in [0.05, 0.1) is 17.7 Å². The van der Waals surface area contributed by atoms with Crippen molar-refractivity contribution in [2.24, 2.45) is 0 Å². The smallest absolute Gasteiger partial charge is 0.264 e. The fourth-order valence-corrected chi connectivity index (χ4v) is 7.49. The summed E-state index contributed by atoms with van der Waals surface area (Å²) in [6.07, 6.45) is 4.09. The monoisotopic (exact) mass is 673 g/mol. The molecule has 1 unspecified atom stereocenters. The molecule has 0 spiro atoms. The fourth-order valence-electron chi connectivity index (χ4n) is 5.91. The van der Waals surface area contributed by atoms with E-state index in [1.807, 2.05) is 67.6 Å². The first-order valence-corrected chi connectivity index (χ1v) is 17.6. The Morgan fingerprint density at radius 1 is 0.894 bits per heavy atom. The van der Waals surface area contributed by atoms with E-state index in [0.717, 1.165) is 46.7 Å². The van der Waals surface area contributed by atoms with Gasteiger partial charge in [0.25, 0.3) is 10.0 Å². The quantitative estimate of drug-likeness (QED) is 0.174. The number of ether oxygens (including phenoxy) is 1. The molecule has 246 valence electrons. The van der Waals surface area contributed by atoms with Crippen LogP contribution in [0.2, 0.25) is 5.02 Å². The zero-order valence-electron chi connectivity index (χ0n) is 26.6. The third kappa shape index (κ3) is 8.53. The predicted octanol–water partition coefficient (Wildman–Crippen LogP) is 6.55. The Hall–Kier alpha value is -4.34. The van der Waals surface area contributed by atoms with Gasteiger partial charge in [-0.2, -0.15) is 0 Å². The number of aryl methyl sites for hydroxylation is 1. The van der Waals surface area contributed by atoms with Crippen molar-refractivity contribution in [2.75, 3.05) is 18.0 Å². The van der Waals surface area contributed by atoms with E-state index in [1.165, 1.54) is 30.2 Å². The highest BCUT2D eigenvalue weighted by atomic mass is 35.5. The Kier molecular flexibility index (Phi) is 11.2. The van der Waals surface area contributed by atoms with Gasteiger partial charge in [0.2, 0.25) is 11.8 Å². The summed E-state index contributed by atoms with van der Waals surface area (Å²) in [5.74, 6) is -0.584. The van der Waals surface area contributed by atoms with Gasteiger partial charge in [0, 0.05) is 24.0 Å². The minimum absolute atomic E-state index is 0.00681. The molecule has 47 heavy (non-hydrogen) atoms. The number of hydrogen-bond donors (Lipinski definition) is 1. The largest absolute Gasteiger partial charge is 0.495 e. The Balaban J connectivity index is 1.59. The van der Waals surface area contributed by atoms with Gasteiger partial charge in [0.1, 0.15) is 18.3 Å². The van der Waals surface area contributed by atoms with E-state index in [1.54, 1.807) is 24.3 Å². The molecule has 1 N–H and O–H groups in total. The van der Waals surface area contributed by atoms with E-state index in [-0.39, 0.29) is 46.3 Å². The molecular formula is C37H40ClN3O5S. The van der Waals surface area contributed by atoms with E-state index in [4.69, 9.17) is 16.3 Å². The molecule has 1 saturated carbocycles. The maximum absolute atomic E-state index is 14.7. The number of rotatable bonds is 13. The number of anilines is 1. The molecule has 5 rings (SSSR count). The van der Waals surface area contributed by atoms with Crippen LogP contribution in [-0.4, -0.2) is 50.9 Å². The van der Waals surface area contributed by atoms with Gasteiger partial charge in [0.15, 0.2) is 0 Å². The first-order chi connectivity index (χ1) is 22.7. The number of halogens is 1.